The van der Waals surface area contributed by atoms with E-state index in [1.54, 1.807) is 0 Å². The molecule has 0 saturated heterocycles. The average Bonchev–Trinajstić information content (AvgIpc) is 2.34. The molecule has 1 unspecified atom stereocenters. The van der Waals surface area contributed by atoms with E-state index in [9.17, 15) is 18.0 Å². The number of benzene rings is 1. The van der Waals surface area contributed by atoms with Crippen molar-refractivity contribution in [3.63, 3.8) is 0 Å². The Morgan fingerprint density at radius 2 is 2.05 bits per heavy atom. The first-order valence-electron chi connectivity index (χ1n) is 6.10. The summed E-state index contributed by atoms with van der Waals surface area (Å²) in [5.74, 6) is -0.120. The smallest absolute Gasteiger partial charge is 0.330 e. The highest BCUT2D eigenvalue weighted by Gasteiger charge is 2.31. The minimum absolute atomic E-state index is 0.122. The predicted molar refractivity (Wildman–Crippen MR) is 75.2 cm³/mol. The Hall–Kier alpha value is -1.08. The first-order chi connectivity index (χ1) is 9.22. The lowest BCUT2D eigenvalue weighted by Gasteiger charge is -2.12. The predicted octanol–water partition coefficient (Wildman–Crippen LogP) is 3.78. The highest BCUT2D eigenvalue weighted by atomic mass is 79.9. The Morgan fingerprint density at radius 3 is 2.60 bits per heavy atom. The molecule has 0 heterocycles. The number of rotatable bonds is 5. The van der Waals surface area contributed by atoms with Crippen LogP contribution in [0.2, 0.25) is 0 Å². The van der Waals surface area contributed by atoms with Crippen LogP contribution in [0.4, 0.5) is 18.9 Å². The summed E-state index contributed by atoms with van der Waals surface area (Å²) in [4.78, 5) is 11.7. The standard InChI is InChI=1S/C13H16BrF3N2O/c1-8(7-18)2-3-12(20)19-11-5-9(13(15,16)17)4-10(14)6-11/h4-6,8H,2-3,7,18H2,1H3,(H,19,20). The molecule has 0 bridgehead atoms. The third-order valence-electron chi connectivity index (χ3n) is 2.78. The zero-order valence-corrected chi connectivity index (χ0v) is 12.5. The first-order valence-corrected chi connectivity index (χ1v) is 6.89. The molecule has 0 spiro atoms. The first kappa shape index (κ1) is 17.0. The Bertz CT molecular complexity index is 477. The highest BCUT2D eigenvalue weighted by Crippen LogP contribution is 2.33. The number of hydrogen-bond donors (Lipinski definition) is 2. The van der Waals surface area contributed by atoms with Crippen LogP contribution in [-0.4, -0.2) is 12.5 Å². The number of nitrogens with two attached hydrogens (primary N) is 1. The van der Waals surface area contributed by atoms with Crippen LogP contribution in [0.1, 0.15) is 25.3 Å². The van der Waals surface area contributed by atoms with Crippen molar-refractivity contribution in [3.05, 3.63) is 28.2 Å². The number of anilines is 1. The van der Waals surface area contributed by atoms with E-state index >= 15 is 0 Å². The second-order valence-electron chi connectivity index (χ2n) is 4.65. The van der Waals surface area contributed by atoms with Gasteiger partial charge in [0.1, 0.15) is 0 Å². The van der Waals surface area contributed by atoms with E-state index < -0.39 is 11.7 Å². The van der Waals surface area contributed by atoms with Crippen LogP contribution < -0.4 is 11.1 Å². The molecule has 0 saturated carbocycles. The molecule has 0 aliphatic rings. The van der Waals surface area contributed by atoms with Crippen LogP contribution in [0, 0.1) is 5.92 Å². The van der Waals surface area contributed by atoms with E-state index in [0.29, 0.717) is 13.0 Å². The van der Waals surface area contributed by atoms with Crippen molar-refractivity contribution in [1.29, 1.82) is 0 Å². The minimum atomic E-state index is -4.45. The van der Waals surface area contributed by atoms with Gasteiger partial charge in [-0.2, -0.15) is 13.2 Å². The Labute approximate surface area is 123 Å². The van der Waals surface area contributed by atoms with Gasteiger partial charge in [-0.3, -0.25) is 4.79 Å². The molecular formula is C13H16BrF3N2O. The fraction of sp³-hybridized carbons (Fsp3) is 0.462. The zero-order chi connectivity index (χ0) is 15.3. The van der Waals surface area contributed by atoms with Crippen LogP contribution in [0.15, 0.2) is 22.7 Å². The average molecular weight is 353 g/mol. The number of hydrogen-bond acceptors (Lipinski definition) is 2. The third kappa shape index (κ3) is 5.50. The zero-order valence-electron chi connectivity index (χ0n) is 10.9. The van der Waals surface area contributed by atoms with E-state index in [0.717, 1.165) is 12.1 Å². The highest BCUT2D eigenvalue weighted by molar-refractivity contribution is 9.10. The summed E-state index contributed by atoms with van der Waals surface area (Å²) in [6, 6.07) is 3.31. The molecule has 3 nitrogen and oxygen atoms in total. The van der Waals surface area contributed by atoms with Crippen molar-refractivity contribution in [2.75, 3.05) is 11.9 Å². The molecule has 0 aromatic heterocycles. The lowest BCUT2D eigenvalue weighted by Crippen LogP contribution is -2.16. The van der Waals surface area contributed by atoms with Crippen molar-refractivity contribution >= 4 is 27.5 Å². The number of amides is 1. The largest absolute Gasteiger partial charge is 0.416 e. The van der Waals surface area contributed by atoms with Crippen LogP contribution in [0.5, 0.6) is 0 Å². The number of carbonyl (C=O) groups is 1. The SMILES string of the molecule is CC(CN)CCC(=O)Nc1cc(Br)cc(C(F)(F)F)c1. The van der Waals surface area contributed by atoms with Crippen LogP contribution >= 0.6 is 15.9 Å². The topological polar surface area (TPSA) is 55.1 Å². The maximum atomic E-state index is 12.6. The van der Waals surface area contributed by atoms with Gasteiger partial charge in [-0.15, -0.1) is 0 Å². The van der Waals surface area contributed by atoms with Gasteiger partial charge in [0.15, 0.2) is 0 Å². The summed E-state index contributed by atoms with van der Waals surface area (Å²) in [6.07, 6.45) is -3.62. The molecule has 1 amide bonds. The molecule has 1 aromatic rings. The van der Waals surface area contributed by atoms with Crippen molar-refractivity contribution in [2.24, 2.45) is 11.7 Å². The van der Waals surface area contributed by atoms with Crippen molar-refractivity contribution in [2.45, 2.75) is 25.9 Å². The van der Waals surface area contributed by atoms with E-state index in [1.807, 2.05) is 6.92 Å². The molecule has 0 fully saturated rings. The quantitative estimate of drug-likeness (QED) is 0.847. The lowest BCUT2D eigenvalue weighted by molar-refractivity contribution is -0.137. The molecular weight excluding hydrogens is 337 g/mol. The van der Waals surface area contributed by atoms with Crippen molar-refractivity contribution in [1.82, 2.24) is 0 Å². The maximum Gasteiger partial charge on any atom is 0.416 e. The Balaban J connectivity index is 2.73. The maximum absolute atomic E-state index is 12.6. The number of nitrogens with one attached hydrogen (secondary N) is 1. The van der Waals surface area contributed by atoms with Gasteiger partial charge in [0.2, 0.25) is 5.91 Å². The molecule has 112 valence electrons. The molecule has 1 rings (SSSR count). The summed E-state index contributed by atoms with van der Waals surface area (Å²) < 4.78 is 38.2. The second-order valence-corrected chi connectivity index (χ2v) is 5.57. The van der Waals surface area contributed by atoms with E-state index in [-0.39, 0.29) is 28.4 Å². The van der Waals surface area contributed by atoms with Gasteiger partial charge in [-0.1, -0.05) is 22.9 Å². The number of carbonyl (C=O) groups excluding carboxylic acids is 1. The fourth-order valence-electron chi connectivity index (χ4n) is 1.54. The van der Waals surface area contributed by atoms with Crippen LogP contribution in [0.3, 0.4) is 0 Å². The third-order valence-corrected chi connectivity index (χ3v) is 3.23. The molecule has 1 aromatic carbocycles. The number of halogens is 4. The molecule has 0 aliphatic carbocycles. The van der Waals surface area contributed by atoms with Gasteiger partial charge in [0, 0.05) is 16.6 Å². The summed E-state index contributed by atoms with van der Waals surface area (Å²) in [5, 5.41) is 2.46. The monoisotopic (exact) mass is 352 g/mol. The Morgan fingerprint density at radius 1 is 1.40 bits per heavy atom. The normalized spacial score (nSPS) is 13.1. The van der Waals surface area contributed by atoms with Gasteiger partial charge in [-0.05, 0) is 37.1 Å². The van der Waals surface area contributed by atoms with Gasteiger partial charge < -0.3 is 11.1 Å². The van der Waals surface area contributed by atoms with Gasteiger partial charge >= 0.3 is 6.18 Å². The molecule has 0 aliphatic heterocycles. The lowest BCUT2D eigenvalue weighted by atomic mass is 10.1. The Kier molecular flexibility index (Phi) is 6.01. The molecule has 20 heavy (non-hydrogen) atoms. The van der Waals surface area contributed by atoms with Crippen LogP contribution in [0.25, 0.3) is 0 Å². The molecule has 1 atom stereocenters. The summed E-state index contributed by atoms with van der Waals surface area (Å²) in [6.45, 7) is 2.39. The summed E-state index contributed by atoms with van der Waals surface area (Å²) in [7, 11) is 0. The molecule has 0 radical (unpaired) electrons. The summed E-state index contributed by atoms with van der Waals surface area (Å²) >= 11 is 3.00. The molecule has 7 heteroatoms. The van der Waals surface area contributed by atoms with Gasteiger partial charge in [0.25, 0.3) is 0 Å². The van der Waals surface area contributed by atoms with Gasteiger partial charge in [-0.25, -0.2) is 0 Å². The van der Waals surface area contributed by atoms with Crippen molar-refractivity contribution < 1.29 is 18.0 Å². The van der Waals surface area contributed by atoms with E-state index in [4.69, 9.17) is 5.73 Å². The van der Waals surface area contributed by atoms with Gasteiger partial charge in [0.05, 0.1) is 5.56 Å². The minimum Gasteiger partial charge on any atom is -0.330 e. The van der Waals surface area contributed by atoms with E-state index in [1.165, 1.54) is 6.07 Å². The number of alkyl halides is 3. The second kappa shape index (κ2) is 7.08. The summed E-state index contributed by atoms with van der Waals surface area (Å²) in [5.41, 5.74) is 4.75. The fourth-order valence-corrected chi connectivity index (χ4v) is 2.04. The van der Waals surface area contributed by atoms with Crippen molar-refractivity contribution in [3.8, 4) is 0 Å². The van der Waals surface area contributed by atoms with Crippen LogP contribution in [-0.2, 0) is 11.0 Å². The van der Waals surface area contributed by atoms with E-state index in [2.05, 4.69) is 21.2 Å². The molecule has 3 N–H and O–H groups in total.